The van der Waals surface area contributed by atoms with Crippen molar-refractivity contribution < 1.29 is 8.42 Å². The minimum atomic E-state index is -3.13. The highest BCUT2D eigenvalue weighted by Crippen LogP contribution is 2.35. The van der Waals surface area contributed by atoms with E-state index in [4.69, 9.17) is 0 Å². The number of aryl methyl sites for hydroxylation is 1. The van der Waals surface area contributed by atoms with Crippen molar-refractivity contribution in [3.63, 3.8) is 0 Å². The summed E-state index contributed by atoms with van der Waals surface area (Å²) in [5, 5.41) is 3.38. The van der Waals surface area contributed by atoms with Crippen LogP contribution in [0.3, 0.4) is 0 Å². The van der Waals surface area contributed by atoms with Crippen LogP contribution in [0.5, 0.6) is 0 Å². The Morgan fingerprint density at radius 3 is 2.39 bits per heavy atom. The second-order valence-electron chi connectivity index (χ2n) is 5.21. The molecular weight excluding hydrogens is 266 g/mol. The van der Waals surface area contributed by atoms with E-state index in [0.29, 0.717) is 0 Å². The van der Waals surface area contributed by atoms with Gasteiger partial charge in [0.1, 0.15) is 0 Å². The van der Waals surface area contributed by atoms with E-state index in [1.807, 2.05) is 19.1 Å². The summed E-state index contributed by atoms with van der Waals surface area (Å²) in [7, 11) is -3.13. The monoisotopic (exact) mass is 289 g/mol. The highest BCUT2D eigenvalue weighted by molar-refractivity contribution is 7.92. The summed E-state index contributed by atoms with van der Waals surface area (Å²) in [4.78, 5) is 2.30. The Kier molecular flexibility index (Phi) is 4.98. The minimum absolute atomic E-state index is 0.147. The van der Waals surface area contributed by atoms with Crippen molar-refractivity contribution in [1.82, 2.24) is 5.32 Å². The smallest absolute Gasteiger partial charge is 0.154 e. The first-order valence-corrected chi connectivity index (χ1v) is 8.90. The molecule has 0 aromatic carbocycles. The fourth-order valence-electron chi connectivity index (χ4n) is 1.80. The van der Waals surface area contributed by atoms with Crippen LogP contribution in [0.2, 0.25) is 0 Å². The summed E-state index contributed by atoms with van der Waals surface area (Å²) >= 11 is 1.66. The number of nitrogens with one attached hydrogen (secondary N) is 1. The summed E-state index contributed by atoms with van der Waals surface area (Å²) in [6, 6.07) is 3.92. The molecular formula is C13H23NO2S2. The maximum atomic E-state index is 12.0. The Balaban J connectivity index is 3.13. The van der Waals surface area contributed by atoms with Crippen LogP contribution in [0.4, 0.5) is 0 Å². The molecule has 0 fully saturated rings. The van der Waals surface area contributed by atoms with Gasteiger partial charge in [-0.15, -0.1) is 11.3 Å². The Bertz CT molecular complexity index is 489. The summed E-state index contributed by atoms with van der Waals surface area (Å²) in [5.74, 6) is 0. The molecule has 0 spiro atoms. The summed E-state index contributed by atoms with van der Waals surface area (Å²) in [6.07, 6.45) is 2.30. The number of thiophene rings is 1. The lowest BCUT2D eigenvalue weighted by Crippen LogP contribution is -2.44. The molecule has 18 heavy (non-hydrogen) atoms. The maximum absolute atomic E-state index is 12.0. The van der Waals surface area contributed by atoms with Gasteiger partial charge in [-0.05, 0) is 45.9 Å². The van der Waals surface area contributed by atoms with Gasteiger partial charge in [0, 0.05) is 16.0 Å². The number of rotatable bonds is 6. The van der Waals surface area contributed by atoms with Gasteiger partial charge >= 0.3 is 0 Å². The Hall–Kier alpha value is -0.390. The van der Waals surface area contributed by atoms with Gasteiger partial charge in [0.05, 0.1) is 10.8 Å². The van der Waals surface area contributed by atoms with Crippen LogP contribution in [-0.4, -0.2) is 26.0 Å². The van der Waals surface area contributed by atoms with Crippen molar-refractivity contribution in [2.24, 2.45) is 0 Å². The van der Waals surface area contributed by atoms with Crippen LogP contribution in [0, 0.1) is 6.92 Å². The molecule has 1 rings (SSSR count). The Morgan fingerprint density at radius 1 is 1.39 bits per heavy atom. The molecule has 1 N–H and O–H groups in total. The third-order valence-electron chi connectivity index (χ3n) is 3.29. The third kappa shape index (κ3) is 3.33. The SMILES string of the molecule is CCCNC(c1ccc(C)s1)C(C)(C)S(C)(=O)=O. The van der Waals surface area contributed by atoms with Crippen molar-refractivity contribution >= 4 is 21.2 Å². The maximum Gasteiger partial charge on any atom is 0.154 e. The zero-order valence-electron chi connectivity index (χ0n) is 11.8. The van der Waals surface area contributed by atoms with Crippen LogP contribution in [0.25, 0.3) is 0 Å². The Morgan fingerprint density at radius 2 is 2.00 bits per heavy atom. The molecule has 0 bridgehead atoms. The summed E-state index contributed by atoms with van der Waals surface area (Å²) in [6.45, 7) is 8.53. The summed E-state index contributed by atoms with van der Waals surface area (Å²) in [5.41, 5.74) is 0. The topological polar surface area (TPSA) is 46.2 Å². The van der Waals surface area contributed by atoms with E-state index < -0.39 is 14.6 Å². The average Bonchev–Trinajstić information content (AvgIpc) is 2.63. The molecule has 1 unspecified atom stereocenters. The second-order valence-corrected chi connectivity index (χ2v) is 9.13. The standard InChI is InChI=1S/C13H23NO2S2/c1-6-9-14-12(11-8-7-10(2)17-11)13(3,4)18(5,15)16/h7-8,12,14H,6,9H2,1-5H3. The summed E-state index contributed by atoms with van der Waals surface area (Å²) < 4.78 is 23.2. The van der Waals surface area contributed by atoms with E-state index in [1.54, 1.807) is 25.2 Å². The van der Waals surface area contributed by atoms with E-state index in [2.05, 4.69) is 12.2 Å². The van der Waals surface area contributed by atoms with Gasteiger partial charge in [0.25, 0.3) is 0 Å². The third-order valence-corrected chi connectivity index (χ3v) is 6.51. The van der Waals surface area contributed by atoms with Crippen molar-refractivity contribution in [1.29, 1.82) is 0 Å². The van der Waals surface area contributed by atoms with Crippen LogP contribution < -0.4 is 5.32 Å². The van der Waals surface area contributed by atoms with Crippen molar-refractivity contribution in [3.8, 4) is 0 Å². The van der Waals surface area contributed by atoms with E-state index in [1.165, 1.54) is 11.1 Å². The molecule has 0 saturated heterocycles. The van der Waals surface area contributed by atoms with Crippen molar-refractivity contribution in [2.45, 2.75) is 44.9 Å². The highest BCUT2D eigenvalue weighted by atomic mass is 32.2. The molecule has 0 radical (unpaired) electrons. The predicted octanol–water partition coefficient (Wildman–Crippen LogP) is 2.92. The molecule has 1 atom stereocenters. The van der Waals surface area contributed by atoms with Gasteiger partial charge in [-0.25, -0.2) is 8.42 Å². The first kappa shape index (κ1) is 15.7. The molecule has 5 heteroatoms. The van der Waals surface area contributed by atoms with Gasteiger partial charge in [-0.1, -0.05) is 6.92 Å². The van der Waals surface area contributed by atoms with E-state index >= 15 is 0 Å². The molecule has 1 aromatic rings. The van der Waals surface area contributed by atoms with E-state index in [-0.39, 0.29) is 6.04 Å². The molecule has 0 aliphatic carbocycles. The molecule has 1 heterocycles. The Labute approximate surface area is 115 Å². The molecule has 3 nitrogen and oxygen atoms in total. The van der Waals surface area contributed by atoms with Crippen LogP contribution >= 0.6 is 11.3 Å². The number of hydrogen-bond acceptors (Lipinski definition) is 4. The van der Waals surface area contributed by atoms with Gasteiger partial charge in [-0.3, -0.25) is 0 Å². The van der Waals surface area contributed by atoms with E-state index in [9.17, 15) is 8.42 Å². The molecule has 0 aliphatic rings. The van der Waals surface area contributed by atoms with Gasteiger partial charge in [-0.2, -0.15) is 0 Å². The second kappa shape index (κ2) is 5.72. The first-order chi connectivity index (χ1) is 8.20. The first-order valence-electron chi connectivity index (χ1n) is 6.19. The van der Waals surface area contributed by atoms with Crippen molar-refractivity contribution in [2.75, 3.05) is 12.8 Å². The van der Waals surface area contributed by atoms with Gasteiger partial charge in [0.2, 0.25) is 0 Å². The average molecular weight is 289 g/mol. The molecule has 104 valence electrons. The molecule has 0 amide bonds. The lowest BCUT2D eigenvalue weighted by atomic mass is 10.0. The minimum Gasteiger partial charge on any atom is -0.308 e. The van der Waals surface area contributed by atoms with Crippen LogP contribution in [0.15, 0.2) is 12.1 Å². The fourth-order valence-corrected chi connectivity index (χ4v) is 3.65. The lowest BCUT2D eigenvalue weighted by molar-refractivity contribution is 0.425. The molecule has 0 aliphatic heterocycles. The highest BCUT2D eigenvalue weighted by Gasteiger charge is 2.40. The lowest BCUT2D eigenvalue weighted by Gasteiger charge is -2.33. The normalized spacial score (nSPS) is 14.7. The van der Waals surface area contributed by atoms with E-state index in [0.717, 1.165) is 17.8 Å². The largest absolute Gasteiger partial charge is 0.308 e. The molecule has 1 aromatic heterocycles. The van der Waals surface area contributed by atoms with Crippen molar-refractivity contribution in [3.05, 3.63) is 21.9 Å². The molecule has 0 saturated carbocycles. The zero-order chi connectivity index (χ0) is 14.0. The predicted molar refractivity (Wildman–Crippen MR) is 79.0 cm³/mol. The van der Waals surface area contributed by atoms with Gasteiger partial charge in [0.15, 0.2) is 9.84 Å². The quantitative estimate of drug-likeness (QED) is 0.876. The fraction of sp³-hybridized carbons (Fsp3) is 0.692. The van der Waals surface area contributed by atoms with Gasteiger partial charge < -0.3 is 5.32 Å². The van der Waals surface area contributed by atoms with Crippen LogP contribution in [-0.2, 0) is 9.84 Å². The number of hydrogen-bond donors (Lipinski definition) is 1. The van der Waals surface area contributed by atoms with Crippen LogP contribution in [0.1, 0.15) is 43.0 Å². The number of sulfone groups is 1. The zero-order valence-corrected chi connectivity index (χ0v) is 13.4.